The van der Waals surface area contributed by atoms with Crippen molar-refractivity contribution < 1.29 is 9.90 Å². The molecule has 60 valence electrons. The lowest BCUT2D eigenvalue weighted by Crippen LogP contribution is -2.09. The van der Waals surface area contributed by atoms with E-state index in [9.17, 15) is 4.79 Å². The van der Waals surface area contributed by atoms with Crippen molar-refractivity contribution in [2.45, 2.75) is 12.2 Å². The molecule has 0 saturated heterocycles. The first kappa shape index (κ1) is 8.85. The number of hydrogen-bond acceptors (Lipinski definition) is 1. The molecule has 1 aromatic carbocycles. The molecule has 0 aliphatic carbocycles. The Morgan fingerprint density at radius 3 is 2.50 bits per heavy atom. The summed E-state index contributed by atoms with van der Waals surface area (Å²) in [5.74, 6) is -1.76. The summed E-state index contributed by atoms with van der Waals surface area (Å²) in [4.78, 5) is 10.4. The Morgan fingerprint density at radius 1 is 1.42 bits per heavy atom. The van der Waals surface area contributed by atoms with E-state index in [-0.39, 0.29) is 0 Å². The highest BCUT2D eigenvalue weighted by molar-refractivity contribution is 6.22. The van der Waals surface area contributed by atoms with Crippen molar-refractivity contribution in [2.24, 2.45) is 0 Å². The van der Waals surface area contributed by atoms with Crippen LogP contribution in [0.4, 0.5) is 0 Å². The topological polar surface area (TPSA) is 37.3 Å². The van der Waals surface area contributed by atoms with Gasteiger partial charge in [-0.3, -0.25) is 4.79 Å². The molecule has 2 radical (unpaired) electrons. The Hall–Kier alpha value is -1.25. The Labute approximate surface area is 72.6 Å². The molecule has 0 spiro atoms. The number of benzene rings is 1. The third-order valence-corrected chi connectivity index (χ3v) is 1.62. The van der Waals surface area contributed by atoms with Gasteiger partial charge in [0.05, 0.1) is 7.85 Å². The van der Waals surface area contributed by atoms with E-state index in [1.54, 1.807) is 0 Å². The highest BCUT2D eigenvalue weighted by Crippen LogP contribution is 2.09. The maximum absolute atomic E-state index is 10.4. The standard InChI is InChI=1S/C9H9BO2/c10-8(9(11)12)6-7-4-2-1-3-5-7/h1-5,8H,6H2,(H,11,12)/t8-/m1/s1. The molecule has 0 heterocycles. The van der Waals surface area contributed by atoms with Gasteiger partial charge in [-0.1, -0.05) is 30.3 Å². The summed E-state index contributed by atoms with van der Waals surface area (Å²) in [6.45, 7) is 0. The molecule has 0 aromatic heterocycles. The van der Waals surface area contributed by atoms with Crippen LogP contribution in [0.15, 0.2) is 30.3 Å². The number of aliphatic carboxylic acids is 1. The maximum Gasteiger partial charge on any atom is 0.297 e. The monoisotopic (exact) mass is 160 g/mol. The number of carboxylic acids is 1. The van der Waals surface area contributed by atoms with Gasteiger partial charge < -0.3 is 5.11 Å². The van der Waals surface area contributed by atoms with Crippen LogP contribution in [-0.4, -0.2) is 18.9 Å². The Kier molecular flexibility index (Phi) is 2.91. The highest BCUT2D eigenvalue weighted by atomic mass is 16.4. The predicted octanol–water partition coefficient (Wildman–Crippen LogP) is 1.27. The van der Waals surface area contributed by atoms with E-state index in [0.717, 1.165) is 5.56 Å². The molecule has 0 amide bonds. The number of carbonyl (C=O) groups is 1. The van der Waals surface area contributed by atoms with E-state index < -0.39 is 11.8 Å². The lowest BCUT2D eigenvalue weighted by molar-refractivity contribution is -0.136. The third kappa shape index (κ3) is 2.42. The van der Waals surface area contributed by atoms with E-state index in [0.29, 0.717) is 6.42 Å². The van der Waals surface area contributed by atoms with Gasteiger partial charge in [0.25, 0.3) is 5.97 Å². The molecule has 0 aliphatic heterocycles. The molecule has 0 fully saturated rings. The van der Waals surface area contributed by atoms with Crippen LogP contribution in [0.3, 0.4) is 0 Å². The fourth-order valence-electron chi connectivity index (χ4n) is 0.955. The van der Waals surface area contributed by atoms with E-state index in [2.05, 4.69) is 0 Å². The summed E-state index contributed by atoms with van der Waals surface area (Å²) in [6, 6.07) is 9.34. The molecule has 0 aliphatic rings. The quantitative estimate of drug-likeness (QED) is 0.676. The summed E-state index contributed by atoms with van der Waals surface area (Å²) in [5, 5.41) is 8.52. The predicted molar refractivity (Wildman–Crippen MR) is 47.3 cm³/mol. The normalized spacial score (nSPS) is 12.3. The van der Waals surface area contributed by atoms with Crippen LogP contribution in [0.5, 0.6) is 0 Å². The van der Waals surface area contributed by atoms with Gasteiger partial charge >= 0.3 is 0 Å². The fourth-order valence-corrected chi connectivity index (χ4v) is 0.955. The van der Waals surface area contributed by atoms with Crippen molar-refractivity contribution in [1.82, 2.24) is 0 Å². The summed E-state index contributed by atoms with van der Waals surface area (Å²) in [6.07, 6.45) is 0.385. The second-order valence-electron chi connectivity index (χ2n) is 2.63. The highest BCUT2D eigenvalue weighted by Gasteiger charge is 2.09. The third-order valence-electron chi connectivity index (χ3n) is 1.62. The average Bonchev–Trinajstić information content (AvgIpc) is 2.06. The molecule has 1 rings (SSSR count). The Morgan fingerprint density at radius 2 is 2.00 bits per heavy atom. The van der Waals surface area contributed by atoms with Gasteiger partial charge in [-0.25, -0.2) is 0 Å². The molecule has 0 unspecified atom stereocenters. The summed E-state index contributed by atoms with van der Waals surface area (Å²) < 4.78 is 0. The molecular formula is C9H9BO2. The van der Waals surface area contributed by atoms with Gasteiger partial charge in [0.15, 0.2) is 0 Å². The van der Waals surface area contributed by atoms with E-state index >= 15 is 0 Å². The zero-order chi connectivity index (χ0) is 8.97. The SMILES string of the molecule is [B][C@H](Cc1ccccc1)C(=O)O. The average molecular weight is 160 g/mol. The second-order valence-corrected chi connectivity index (χ2v) is 2.63. The van der Waals surface area contributed by atoms with Crippen LogP contribution >= 0.6 is 0 Å². The summed E-state index contributed by atoms with van der Waals surface area (Å²) in [5.41, 5.74) is 0.951. The minimum atomic E-state index is -0.959. The minimum Gasteiger partial charge on any atom is -0.482 e. The molecule has 12 heavy (non-hydrogen) atoms. The molecule has 2 nitrogen and oxygen atoms in total. The lowest BCUT2D eigenvalue weighted by Gasteiger charge is -2.05. The number of hydrogen-bond donors (Lipinski definition) is 1. The van der Waals surface area contributed by atoms with Crippen LogP contribution in [0.2, 0.25) is 5.82 Å². The zero-order valence-electron chi connectivity index (χ0n) is 6.60. The molecule has 1 N–H and O–H groups in total. The number of carboxylic acid groups (broad SMARTS) is 1. The molecular weight excluding hydrogens is 151 g/mol. The van der Waals surface area contributed by atoms with Crippen LogP contribution < -0.4 is 0 Å². The van der Waals surface area contributed by atoms with Crippen molar-refractivity contribution in [1.29, 1.82) is 0 Å². The minimum absolute atomic E-state index is 0.385. The first-order valence-corrected chi connectivity index (χ1v) is 3.72. The molecule has 0 bridgehead atoms. The number of rotatable bonds is 3. The maximum atomic E-state index is 10.4. The van der Waals surface area contributed by atoms with Crippen LogP contribution in [0, 0.1) is 0 Å². The molecule has 0 saturated carbocycles. The van der Waals surface area contributed by atoms with Gasteiger partial charge in [0.2, 0.25) is 0 Å². The fraction of sp³-hybridized carbons (Fsp3) is 0.222. The summed E-state index contributed by atoms with van der Waals surface area (Å²) in [7, 11) is 5.35. The molecule has 1 aromatic rings. The largest absolute Gasteiger partial charge is 0.482 e. The lowest BCUT2D eigenvalue weighted by atomic mass is 9.82. The second kappa shape index (κ2) is 3.95. The van der Waals surface area contributed by atoms with Gasteiger partial charge in [-0.2, -0.15) is 0 Å². The first-order valence-electron chi connectivity index (χ1n) is 3.72. The van der Waals surface area contributed by atoms with Gasteiger partial charge in [-0.15, -0.1) is 0 Å². The van der Waals surface area contributed by atoms with Crippen LogP contribution in [0.1, 0.15) is 5.56 Å². The van der Waals surface area contributed by atoms with Gasteiger partial charge in [0, 0.05) is 5.82 Å². The van der Waals surface area contributed by atoms with Gasteiger partial charge in [-0.05, 0) is 12.0 Å². The van der Waals surface area contributed by atoms with Crippen molar-refractivity contribution >= 4 is 13.8 Å². The Bertz CT molecular complexity index is 258. The van der Waals surface area contributed by atoms with Gasteiger partial charge in [0.1, 0.15) is 0 Å². The smallest absolute Gasteiger partial charge is 0.297 e. The summed E-state index contributed by atoms with van der Waals surface area (Å²) >= 11 is 0. The van der Waals surface area contributed by atoms with Crippen LogP contribution in [0.25, 0.3) is 0 Å². The van der Waals surface area contributed by atoms with Crippen molar-refractivity contribution in [3.63, 3.8) is 0 Å². The zero-order valence-corrected chi connectivity index (χ0v) is 6.60. The Balaban J connectivity index is 2.58. The first-order chi connectivity index (χ1) is 5.70. The van der Waals surface area contributed by atoms with Crippen molar-refractivity contribution in [3.8, 4) is 0 Å². The van der Waals surface area contributed by atoms with E-state index in [4.69, 9.17) is 13.0 Å². The van der Waals surface area contributed by atoms with Crippen molar-refractivity contribution in [2.75, 3.05) is 0 Å². The van der Waals surface area contributed by atoms with Crippen molar-refractivity contribution in [3.05, 3.63) is 35.9 Å². The molecule has 1 atom stereocenters. The van der Waals surface area contributed by atoms with E-state index in [1.807, 2.05) is 30.3 Å². The molecule has 3 heteroatoms. The van der Waals surface area contributed by atoms with E-state index in [1.165, 1.54) is 0 Å². The van der Waals surface area contributed by atoms with Crippen LogP contribution in [-0.2, 0) is 11.2 Å².